The molecule has 0 amide bonds. The minimum absolute atomic E-state index is 0.0160. The molecule has 0 saturated carbocycles. The van der Waals surface area contributed by atoms with E-state index in [4.69, 9.17) is 20.2 Å². The van der Waals surface area contributed by atoms with Crippen molar-refractivity contribution in [2.75, 3.05) is 26.1 Å². The fourth-order valence-corrected chi connectivity index (χ4v) is 2.65. The molecule has 0 aliphatic carbocycles. The zero-order valence-corrected chi connectivity index (χ0v) is 9.27. The highest BCUT2D eigenvalue weighted by atomic mass is 35.7. The first-order valence-electron chi connectivity index (χ1n) is 4.39. The standard InChI is InChI=1S/C8H15ClO3S/c1-11-8(6-13(9)10)7-2-4-12-5-3-7/h7-8H,2-6H2,1H3. The maximum Gasteiger partial charge on any atom is 0.117 e. The molecule has 3 nitrogen and oxygen atoms in total. The van der Waals surface area contributed by atoms with Crippen LogP contribution in [0.5, 0.6) is 0 Å². The van der Waals surface area contributed by atoms with Crippen molar-refractivity contribution in [1.82, 2.24) is 0 Å². The third-order valence-electron chi connectivity index (χ3n) is 2.39. The molecule has 1 rings (SSSR count). The smallest absolute Gasteiger partial charge is 0.117 e. The fourth-order valence-electron chi connectivity index (χ4n) is 1.61. The van der Waals surface area contributed by atoms with Crippen molar-refractivity contribution in [1.29, 1.82) is 0 Å². The van der Waals surface area contributed by atoms with E-state index < -0.39 is 10.0 Å². The van der Waals surface area contributed by atoms with Gasteiger partial charge in [-0.25, -0.2) is 4.21 Å². The molecule has 0 bridgehead atoms. The number of halogens is 1. The lowest BCUT2D eigenvalue weighted by molar-refractivity contribution is -0.00278. The Kier molecular flexibility index (Phi) is 5.24. The van der Waals surface area contributed by atoms with Crippen LogP contribution in [0, 0.1) is 5.92 Å². The van der Waals surface area contributed by atoms with Crippen LogP contribution in [-0.2, 0) is 19.5 Å². The molecular formula is C8H15ClO3S. The number of hydrogen-bond acceptors (Lipinski definition) is 3. The molecule has 0 aromatic heterocycles. The van der Waals surface area contributed by atoms with Gasteiger partial charge < -0.3 is 9.47 Å². The summed E-state index contributed by atoms with van der Waals surface area (Å²) in [4.78, 5) is 0. The van der Waals surface area contributed by atoms with Gasteiger partial charge in [0.15, 0.2) is 0 Å². The zero-order valence-electron chi connectivity index (χ0n) is 7.70. The van der Waals surface area contributed by atoms with Gasteiger partial charge in [0.1, 0.15) is 10.0 Å². The van der Waals surface area contributed by atoms with E-state index in [1.165, 1.54) is 0 Å². The molecule has 1 fully saturated rings. The lowest BCUT2D eigenvalue weighted by atomic mass is 9.95. The maximum atomic E-state index is 10.8. The summed E-state index contributed by atoms with van der Waals surface area (Å²) >= 11 is 0. The van der Waals surface area contributed by atoms with E-state index in [1.807, 2.05) is 0 Å². The summed E-state index contributed by atoms with van der Waals surface area (Å²) < 4.78 is 21.3. The van der Waals surface area contributed by atoms with Crippen molar-refractivity contribution in [3.05, 3.63) is 0 Å². The first-order valence-corrected chi connectivity index (χ1v) is 6.53. The Morgan fingerprint density at radius 1 is 1.62 bits per heavy atom. The molecule has 78 valence electrons. The van der Waals surface area contributed by atoms with Crippen molar-refractivity contribution >= 4 is 20.7 Å². The van der Waals surface area contributed by atoms with Crippen LogP contribution in [0.2, 0.25) is 0 Å². The Morgan fingerprint density at radius 3 is 2.69 bits per heavy atom. The number of rotatable bonds is 4. The normalized spacial score (nSPS) is 24.2. The van der Waals surface area contributed by atoms with E-state index in [-0.39, 0.29) is 6.10 Å². The number of methoxy groups -OCH3 is 1. The Morgan fingerprint density at radius 2 is 2.23 bits per heavy atom. The number of hydrogen-bond donors (Lipinski definition) is 0. The van der Waals surface area contributed by atoms with E-state index in [1.54, 1.807) is 7.11 Å². The van der Waals surface area contributed by atoms with Gasteiger partial charge in [0.2, 0.25) is 0 Å². The van der Waals surface area contributed by atoms with Crippen molar-refractivity contribution in [3.63, 3.8) is 0 Å². The molecule has 1 saturated heterocycles. The van der Waals surface area contributed by atoms with E-state index in [0.717, 1.165) is 26.1 Å². The average molecular weight is 227 g/mol. The second kappa shape index (κ2) is 5.96. The van der Waals surface area contributed by atoms with Crippen LogP contribution in [0.1, 0.15) is 12.8 Å². The van der Waals surface area contributed by atoms with Crippen LogP contribution < -0.4 is 0 Å². The zero-order chi connectivity index (χ0) is 9.68. The van der Waals surface area contributed by atoms with Crippen LogP contribution in [0.4, 0.5) is 0 Å². The molecule has 1 aliphatic heterocycles. The molecular weight excluding hydrogens is 212 g/mol. The van der Waals surface area contributed by atoms with Crippen LogP contribution >= 0.6 is 10.7 Å². The topological polar surface area (TPSA) is 35.5 Å². The minimum Gasteiger partial charge on any atom is -0.381 e. The summed E-state index contributed by atoms with van der Waals surface area (Å²) in [6, 6.07) is 0. The molecule has 1 heterocycles. The van der Waals surface area contributed by atoms with Gasteiger partial charge in [-0.2, -0.15) is 0 Å². The summed E-state index contributed by atoms with van der Waals surface area (Å²) in [6.07, 6.45) is 1.97. The molecule has 0 N–H and O–H groups in total. The second-order valence-corrected chi connectivity index (χ2v) is 5.13. The highest BCUT2D eigenvalue weighted by Gasteiger charge is 2.25. The lowest BCUT2D eigenvalue weighted by Crippen LogP contribution is -2.32. The third kappa shape index (κ3) is 3.94. The van der Waals surface area contributed by atoms with E-state index >= 15 is 0 Å². The van der Waals surface area contributed by atoms with E-state index in [0.29, 0.717) is 11.7 Å². The van der Waals surface area contributed by atoms with Crippen LogP contribution in [0.25, 0.3) is 0 Å². The van der Waals surface area contributed by atoms with E-state index in [2.05, 4.69) is 0 Å². The lowest BCUT2D eigenvalue weighted by Gasteiger charge is -2.28. The predicted octanol–water partition coefficient (Wildman–Crippen LogP) is 1.33. The molecule has 1 aliphatic rings. The van der Waals surface area contributed by atoms with Gasteiger partial charge in [-0.1, -0.05) is 0 Å². The molecule has 0 aromatic rings. The number of ether oxygens (including phenoxy) is 2. The van der Waals surface area contributed by atoms with Crippen molar-refractivity contribution in [2.45, 2.75) is 18.9 Å². The summed E-state index contributed by atoms with van der Waals surface area (Å²) in [7, 11) is 5.78. The summed E-state index contributed by atoms with van der Waals surface area (Å²) in [6.45, 7) is 1.55. The van der Waals surface area contributed by atoms with Gasteiger partial charge in [-0.3, -0.25) is 0 Å². The monoisotopic (exact) mass is 226 g/mol. The molecule has 0 spiro atoms. The molecule has 0 radical (unpaired) electrons. The van der Waals surface area contributed by atoms with Crippen LogP contribution in [0.15, 0.2) is 0 Å². The Bertz CT molecular complexity index is 171. The van der Waals surface area contributed by atoms with Crippen molar-refractivity contribution in [2.24, 2.45) is 5.92 Å². The quantitative estimate of drug-likeness (QED) is 0.679. The Labute approximate surface area is 85.7 Å². The fraction of sp³-hybridized carbons (Fsp3) is 1.00. The Balaban J connectivity index is 2.39. The molecule has 2 atom stereocenters. The molecule has 5 heteroatoms. The highest BCUT2D eigenvalue weighted by Crippen LogP contribution is 2.21. The van der Waals surface area contributed by atoms with Crippen LogP contribution in [-0.4, -0.2) is 36.4 Å². The predicted molar refractivity (Wildman–Crippen MR) is 53.2 cm³/mol. The minimum atomic E-state index is -1.29. The van der Waals surface area contributed by atoms with Gasteiger partial charge in [-0.05, 0) is 29.4 Å². The van der Waals surface area contributed by atoms with Crippen molar-refractivity contribution < 1.29 is 13.7 Å². The summed E-state index contributed by atoms with van der Waals surface area (Å²) in [5, 5.41) is 0. The Hall–Kier alpha value is 0.360. The highest BCUT2D eigenvalue weighted by molar-refractivity contribution is 8.08. The van der Waals surface area contributed by atoms with Gasteiger partial charge >= 0.3 is 0 Å². The van der Waals surface area contributed by atoms with Gasteiger partial charge in [-0.15, -0.1) is 0 Å². The SMILES string of the molecule is COC(CS(=O)Cl)C1CCOCC1. The van der Waals surface area contributed by atoms with Crippen LogP contribution in [0.3, 0.4) is 0 Å². The van der Waals surface area contributed by atoms with Gasteiger partial charge in [0.25, 0.3) is 0 Å². The molecule has 2 unspecified atom stereocenters. The first-order chi connectivity index (χ1) is 6.24. The average Bonchev–Trinajstić information content (AvgIpc) is 2.15. The van der Waals surface area contributed by atoms with Gasteiger partial charge in [0, 0.05) is 20.3 Å². The molecule has 0 aromatic carbocycles. The van der Waals surface area contributed by atoms with Gasteiger partial charge in [0.05, 0.1) is 11.9 Å². The molecule has 13 heavy (non-hydrogen) atoms. The largest absolute Gasteiger partial charge is 0.381 e. The second-order valence-electron chi connectivity index (χ2n) is 3.18. The summed E-state index contributed by atoms with van der Waals surface area (Å²) in [5.41, 5.74) is 0. The van der Waals surface area contributed by atoms with E-state index in [9.17, 15) is 4.21 Å². The maximum absolute atomic E-state index is 10.8. The summed E-state index contributed by atoms with van der Waals surface area (Å²) in [5.74, 6) is 0.865. The van der Waals surface area contributed by atoms with Crippen molar-refractivity contribution in [3.8, 4) is 0 Å². The first kappa shape index (κ1) is 11.4. The third-order valence-corrected chi connectivity index (χ3v) is 3.36.